The standard InChI is InChI=1S/C27H36N6O4S/c1-32-16-20(8-9-23(32)35)29-25-24-21(10-15-38(24)36)30-26(31-25)33-13-11-27(12-14-33,18-28-22(34)17-37-2)19-6-4-3-5-7-19/h3-7,20H,8-18H2,1-2H3,(H,28,34)(H,29,30,31). The van der Waals surface area contributed by atoms with E-state index < -0.39 is 10.8 Å². The topological polar surface area (TPSA) is 117 Å². The number of fused-ring (bicyclic) bond motifs is 1. The highest BCUT2D eigenvalue weighted by Crippen LogP contribution is 2.37. The number of hydrogen-bond acceptors (Lipinski definition) is 8. The number of piperidine rings is 2. The van der Waals surface area contributed by atoms with Gasteiger partial charge in [0.05, 0.1) is 16.5 Å². The SMILES string of the molecule is COCC(=O)NCC1(c2ccccc2)CCN(c2nc3c(c(NC4CCC(=O)N(C)C4)n2)S(=O)CC3)CC1. The molecule has 1 aromatic carbocycles. The molecule has 38 heavy (non-hydrogen) atoms. The van der Waals surface area contributed by atoms with E-state index in [4.69, 9.17) is 14.7 Å². The third-order valence-electron chi connectivity index (χ3n) is 7.93. The molecule has 0 saturated carbocycles. The van der Waals surface area contributed by atoms with Crippen LogP contribution in [-0.4, -0.2) is 89.6 Å². The lowest BCUT2D eigenvalue weighted by molar-refractivity contribution is -0.132. The molecule has 2 saturated heterocycles. The average molecular weight is 541 g/mol. The van der Waals surface area contributed by atoms with Gasteiger partial charge in [-0.05, 0) is 24.8 Å². The molecule has 2 atom stereocenters. The van der Waals surface area contributed by atoms with Crippen molar-refractivity contribution < 1.29 is 18.5 Å². The number of amides is 2. The van der Waals surface area contributed by atoms with E-state index in [0.717, 1.165) is 38.0 Å². The maximum atomic E-state index is 12.8. The molecular formula is C27H36N6O4S. The van der Waals surface area contributed by atoms with Crippen molar-refractivity contribution in [2.45, 2.75) is 48.5 Å². The van der Waals surface area contributed by atoms with Crippen LogP contribution in [-0.2, 0) is 37.0 Å². The monoisotopic (exact) mass is 540 g/mol. The number of nitrogens with zero attached hydrogens (tertiary/aromatic N) is 4. The molecule has 0 bridgehead atoms. The second kappa shape index (κ2) is 11.4. The summed E-state index contributed by atoms with van der Waals surface area (Å²) in [5.74, 6) is 1.87. The first-order chi connectivity index (χ1) is 18.4. The van der Waals surface area contributed by atoms with Crippen LogP contribution >= 0.6 is 0 Å². The van der Waals surface area contributed by atoms with E-state index in [-0.39, 0.29) is 29.9 Å². The van der Waals surface area contributed by atoms with Gasteiger partial charge in [0.2, 0.25) is 17.8 Å². The van der Waals surface area contributed by atoms with Gasteiger partial charge in [-0.25, -0.2) is 4.98 Å². The Balaban J connectivity index is 1.36. The molecule has 2 aromatic rings. The van der Waals surface area contributed by atoms with Crippen molar-refractivity contribution >= 4 is 34.4 Å². The minimum absolute atomic E-state index is 0.0437. The highest BCUT2D eigenvalue weighted by Gasteiger charge is 2.38. The number of rotatable bonds is 8. The summed E-state index contributed by atoms with van der Waals surface area (Å²) in [6, 6.07) is 10.4. The van der Waals surface area contributed by atoms with Crippen LogP contribution in [0.25, 0.3) is 0 Å². The number of likely N-dealkylation sites (tertiary alicyclic amines) is 1. The van der Waals surface area contributed by atoms with Crippen LogP contribution in [0, 0.1) is 0 Å². The molecule has 3 aliphatic heterocycles. The third kappa shape index (κ3) is 5.54. The Morgan fingerprint density at radius 1 is 1.18 bits per heavy atom. The number of nitrogens with one attached hydrogen (secondary N) is 2. The van der Waals surface area contributed by atoms with Crippen LogP contribution in [0.1, 0.15) is 36.9 Å². The Morgan fingerprint density at radius 3 is 2.66 bits per heavy atom. The van der Waals surface area contributed by atoms with Crippen LogP contribution in [0.5, 0.6) is 0 Å². The van der Waals surface area contributed by atoms with E-state index in [2.05, 4.69) is 27.7 Å². The number of methoxy groups -OCH3 is 1. The van der Waals surface area contributed by atoms with E-state index in [9.17, 15) is 13.8 Å². The lowest BCUT2D eigenvalue weighted by atomic mass is 9.72. The summed E-state index contributed by atoms with van der Waals surface area (Å²) in [6.45, 7) is 2.64. The number of ether oxygens (including phenoxy) is 1. The van der Waals surface area contributed by atoms with Gasteiger partial charge in [0, 0.05) is 70.4 Å². The predicted octanol–water partition coefficient (Wildman–Crippen LogP) is 1.47. The molecule has 2 amide bonds. The smallest absolute Gasteiger partial charge is 0.246 e. The summed E-state index contributed by atoms with van der Waals surface area (Å²) in [6.07, 6.45) is 3.54. The Kier molecular flexibility index (Phi) is 7.94. The largest absolute Gasteiger partial charge is 0.375 e. The van der Waals surface area contributed by atoms with Crippen LogP contribution in [0.2, 0.25) is 0 Å². The molecule has 0 spiro atoms. The van der Waals surface area contributed by atoms with E-state index in [1.807, 2.05) is 25.2 Å². The summed E-state index contributed by atoms with van der Waals surface area (Å²) < 4.78 is 17.8. The van der Waals surface area contributed by atoms with Crippen molar-refractivity contribution in [3.63, 3.8) is 0 Å². The first-order valence-corrected chi connectivity index (χ1v) is 14.6. The Morgan fingerprint density at radius 2 is 1.95 bits per heavy atom. The minimum atomic E-state index is -1.13. The minimum Gasteiger partial charge on any atom is -0.375 e. The fourth-order valence-electron chi connectivity index (χ4n) is 5.69. The lowest BCUT2D eigenvalue weighted by Crippen LogP contribution is -2.50. The number of aromatic nitrogens is 2. The van der Waals surface area contributed by atoms with Gasteiger partial charge in [-0.2, -0.15) is 4.98 Å². The van der Waals surface area contributed by atoms with E-state index in [1.54, 1.807) is 4.90 Å². The van der Waals surface area contributed by atoms with Crippen LogP contribution < -0.4 is 15.5 Å². The number of carbonyl (C=O) groups excluding carboxylic acids is 2. The molecule has 10 nitrogen and oxygen atoms in total. The predicted molar refractivity (Wildman–Crippen MR) is 146 cm³/mol. The highest BCUT2D eigenvalue weighted by atomic mass is 32.2. The van der Waals surface area contributed by atoms with Gasteiger partial charge in [0.25, 0.3) is 0 Å². The highest BCUT2D eigenvalue weighted by molar-refractivity contribution is 7.85. The molecule has 2 fully saturated rings. The summed E-state index contributed by atoms with van der Waals surface area (Å²) in [5, 5.41) is 6.57. The Hall–Kier alpha value is -3.05. The number of aryl methyl sites for hydroxylation is 1. The van der Waals surface area contributed by atoms with Gasteiger partial charge in [-0.3, -0.25) is 13.8 Å². The lowest BCUT2D eigenvalue weighted by Gasteiger charge is -2.42. The molecule has 11 heteroatoms. The zero-order valence-electron chi connectivity index (χ0n) is 22.1. The third-order valence-corrected chi connectivity index (χ3v) is 9.39. The van der Waals surface area contributed by atoms with E-state index in [1.165, 1.54) is 12.7 Å². The van der Waals surface area contributed by atoms with Crippen molar-refractivity contribution in [2.24, 2.45) is 0 Å². The normalized spacial score (nSPS) is 22.7. The Bertz CT molecular complexity index is 1200. The molecule has 2 unspecified atom stereocenters. The van der Waals surface area contributed by atoms with Crippen LogP contribution in [0.3, 0.4) is 0 Å². The molecule has 0 radical (unpaired) electrons. The van der Waals surface area contributed by atoms with Crippen molar-refractivity contribution in [2.75, 3.05) is 62.9 Å². The summed E-state index contributed by atoms with van der Waals surface area (Å²) in [7, 11) is 2.21. The quantitative estimate of drug-likeness (QED) is 0.517. The fraction of sp³-hybridized carbons (Fsp3) is 0.556. The molecular weight excluding hydrogens is 504 g/mol. The van der Waals surface area contributed by atoms with E-state index >= 15 is 0 Å². The second-order valence-corrected chi connectivity index (χ2v) is 12.0. The van der Waals surface area contributed by atoms with Gasteiger partial charge in [-0.15, -0.1) is 0 Å². The Labute approximate surface area is 226 Å². The molecule has 4 heterocycles. The summed E-state index contributed by atoms with van der Waals surface area (Å²) in [5.41, 5.74) is 1.86. The van der Waals surface area contributed by atoms with Crippen molar-refractivity contribution in [1.29, 1.82) is 0 Å². The summed E-state index contributed by atoms with van der Waals surface area (Å²) in [4.78, 5) is 38.5. The van der Waals surface area contributed by atoms with Gasteiger partial charge in [0.1, 0.15) is 17.3 Å². The summed E-state index contributed by atoms with van der Waals surface area (Å²) >= 11 is 0. The average Bonchev–Trinajstić information content (AvgIpc) is 3.31. The maximum Gasteiger partial charge on any atom is 0.246 e. The zero-order valence-corrected chi connectivity index (χ0v) is 22.9. The van der Waals surface area contributed by atoms with Gasteiger partial charge >= 0.3 is 0 Å². The van der Waals surface area contributed by atoms with Crippen LogP contribution in [0.4, 0.5) is 11.8 Å². The van der Waals surface area contributed by atoms with Gasteiger partial charge in [0.15, 0.2) is 0 Å². The molecule has 2 N–H and O–H groups in total. The van der Waals surface area contributed by atoms with Gasteiger partial charge < -0.3 is 25.2 Å². The molecule has 1 aromatic heterocycles. The first kappa shape index (κ1) is 26.6. The van der Waals surface area contributed by atoms with E-state index in [0.29, 0.717) is 48.3 Å². The number of benzene rings is 1. The van der Waals surface area contributed by atoms with Crippen molar-refractivity contribution in [3.8, 4) is 0 Å². The van der Waals surface area contributed by atoms with Gasteiger partial charge in [-0.1, -0.05) is 30.3 Å². The molecule has 0 aliphatic carbocycles. The molecule has 3 aliphatic rings. The number of likely N-dealkylation sites (N-methyl/N-ethyl adjacent to an activating group) is 1. The van der Waals surface area contributed by atoms with Crippen LogP contribution in [0.15, 0.2) is 35.2 Å². The molecule has 204 valence electrons. The second-order valence-electron chi connectivity index (χ2n) is 10.4. The first-order valence-electron chi connectivity index (χ1n) is 13.2. The zero-order chi connectivity index (χ0) is 26.7. The number of hydrogen-bond donors (Lipinski definition) is 2. The molecule has 5 rings (SSSR count). The number of carbonyl (C=O) groups is 2. The fourth-order valence-corrected chi connectivity index (χ4v) is 7.00. The number of anilines is 2. The van der Waals surface area contributed by atoms with Crippen molar-refractivity contribution in [3.05, 3.63) is 41.6 Å². The maximum absolute atomic E-state index is 12.8. The van der Waals surface area contributed by atoms with Crippen molar-refractivity contribution in [1.82, 2.24) is 20.2 Å².